The van der Waals surface area contributed by atoms with Crippen LogP contribution in [0.2, 0.25) is 0 Å². The van der Waals surface area contributed by atoms with E-state index in [1.165, 1.54) is 0 Å². The van der Waals surface area contributed by atoms with E-state index in [0.29, 0.717) is 12.5 Å². The van der Waals surface area contributed by atoms with Gasteiger partial charge in [0.1, 0.15) is 0 Å². The predicted octanol–water partition coefficient (Wildman–Crippen LogP) is 2.32. The lowest BCUT2D eigenvalue weighted by Gasteiger charge is -2.28. The second-order valence-corrected chi connectivity index (χ2v) is 5.87. The van der Waals surface area contributed by atoms with Crippen molar-refractivity contribution in [1.29, 1.82) is 0 Å². The quantitative estimate of drug-likeness (QED) is 0.685. The van der Waals surface area contributed by atoms with E-state index >= 15 is 0 Å². The molecule has 0 fully saturated rings. The van der Waals surface area contributed by atoms with Gasteiger partial charge in [-0.2, -0.15) is 0 Å². The molecule has 2 N–H and O–H groups in total. The Hall–Kier alpha value is -0.570. The van der Waals surface area contributed by atoms with Crippen molar-refractivity contribution < 1.29 is 4.79 Å². The van der Waals surface area contributed by atoms with E-state index in [1.807, 2.05) is 0 Å². The first-order valence-electron chi connectivity index (χ1n) is 6.26. The van der Waals surface area contributed by atoms with Crippen molar-refractivity contribution in [2.75, 3.05) is 6.54 Å². The van der Waals surface area contributed by atoms with Crippen molar-refractivity contribution in [1.82, 2.24) is 10.6 Å². The second kappa shape index (κ2) is 6.89. The number of rotatable bonds is 6. The van der Waals surface area contributed by atoms with Crippen molar-refractivity contribution in [3.05, 3.63) is 0 Å². The topological polar surface area (TPSA) is 41.1 Å². The molecule has 96 valence electrons. The van der Waals surface area contributed by atoms with Crippen LogP contribution >= 0.6 is 0 Å². The Morgan fingerprint density at radius 3 is 2.19 bits per heavy atom. The van der Waals surface area contributed by atoms with Crippen molar-refractivity contribution in [2.45, 2.75) is 66.5 Å². The first kappa shape index (κ1) is 15.4. The van der Waals surface area contributed by atoms with E-state index in [9.17, 15) is 4.79 Å². The Labute approximate surface area is 100 Å². The summed E-state index contributed by atoms with van der Waals surface area (Å²) in [6.45, 7) is 13.6. The summed E-state index contributed by atoms with van der Waals surface area (Å²) in [5.74, 6) is 0.160. The number of nitrogens with one attached hydrogen (secondary N) is 2. The molecule has 3 heteroatoms. The fraction of sp³-hybridized carbons (Fsp3) is 0.923. The van der Waals surface area contributed by atoms with E-state index in [0.717, 1.165) is 13.0 Å². The Morgan fingerprint density at radius 2 is 1.75 bits per heavy atom. The molecule has 0 aromatic rings. The van der Waals surface area contributed by atoms with Gasteiger partial charge >= 0.3 is 0 Å². The van der Waals surface area contributed by atoms with Gasteiger partial charge in [-0.3, -0.25) is 4.79 Å². The number of carbonyl (C=O) groups excluding carboxylic acids is 1. The molecule has 0 spiro atoms. The zero-order valence-corrected chi connectivity index (χ0v) is 11.7. The summed E-state index contributed by atoms with van der Waals surface area (Å²) in [4.78, 5) is 11.6. The predicted molar refractivity (Wildman–Crippen MR) is 69.4 cm³/mol. The van der Waals surface area contributed by atoms with Crippen LogP contribution in [0.25, 0.3) is 0 Å². The largest absolute Gasteiger partial charge is 0.353 e. The van der Waals surface area contributed by atoms with Crippen LogP contribution in [0.4, 0.5) is 0 Å². The van der Waals surface area contributed by atoms with Gasteiger partial charge in [0.2, 0.25) is 5.91 Å². The maximum atomic E-state index is 11.6. The van der Waals surface area contributed by atoms with Crippen LogP contribution < -0.4 is 10.6 Å². The zero-order chi connectivity index (χ0) is 12.8. The van der Waals surface area contributed by atoms with Gasteiger partial charge in [0, 0.05) is 18.5 Å². The first-order valence-corrected chi connectivity index (χ1v) is 6.26. The van der Waals surface area contributed by atoms with Gasteiger partial charge in [0.15, 0.2) is 0 Å². The third-order valence-corrected chi connectivity index (χ3v) is 2.81. The molecule has 1 unspecified atom stereocenters. The molecule has 1 amide bonds. The van der Waals surface area contributed by atoms with E-state index in [-0.39, 0.29) is 17.4 Å². The summed E-state index contributed by atoms with van der Waals surface area (Å²) < 4.78 is 0. The molecule has 0 aliphatic rings. The molecule has 1 atom stereocenters. The minimum absolute atomic E-state index is 0.131. The van der Waals surface area contributed by atoms with Crippen molar-refractivity contribution in [3.63, 3.8) is 0 Å². The van der Waals surface area contributed by atoms with E-state index in [4.69, 9.17) is 0 Å². The van der Waals surface area contributed by atoms with Crippen LogP contribution in [-0.4, -0.2) is 24.5 Å². The highest BCUT2D eigenvalue weighted by atomic mass is 16.1. The third kappa shape index (κ3) is 7.69. The molecule has 0 aliphatic carbocycles. The molecule has 0 aromatic heterocycles. The summed E-state index contributed by atoms with van der Waals surface area (Å²) in [6.07, 6.45) is 1.51. The Balaban J connectivity index is 3.67. The molecular weight excluding hydrogens is 200 g/mol. The smallest absolute Gasteiger partial charge is 0.220 e. The van der Waals surface area contributed by atoms with E-state index in [2.05, 4.69) is 52.2 Å². The van der Waals surface area contributed by atoms with Gasteiger partial charge < -0.3 is 10.6 Å². The summed E-state index contributed by atoms with van der Waals surface area (Å²) in [5, 5.41) is 6.35. The molecule has 0 saturated carbocycles. The van der Waals surface area contributed by atoms with Crippen molar-refractivity contribution in [2.24, 2.45) is 5.41 Å². The molecule has 16 heavy (non-hydrogen) atoms. The molecular formula is C13H28N2O. The first-order chi connectivity index (χ1) is 7.23. The van der Waals surface area contributed by atoms with Gasteiger partial charge in [-0.1, -0.05) is 34.6 Å². The Bertz CT molecular complexity index is 206. The average Bonchev–Trinajstić information content (AvgIpc) is 2.10. The summed E-state index contributed by atoms with van der Waals surface area (Å²) in [5.41, 5.74) is 0.131. The Morgan fingerprint density at radius 1 is 1.19 bits per heavy atom. The number of amides is 1. The molecule has 0 radical (unpaired) electrons. The minimum Gasteiger partial charge on any atom is -0.353 e. The van der Waals surface area contributed by atoms with Crippen molar-refractivity contribution in [3.8, 4) is 0 Å². The monoisotopic (exact) mass is 228 g/mol. The number of carbonyl (C=O) groups is 1. The molecule has 0 aromatic carbocycles. The molecule has 0 heterocycles. The summed E-state index contributed by atoms with van der Waals surface area (Å²) in [7, 11) is 0. The molecule has 0 aliphatic heterocycles. The molecule has 0 bridgehead atoms. The van der Waals surface area contributed by atoms with Crippen LogP contribution in [0.5, 0.6) is 0 Å². The van der Waals surface area contributed by atoms with E-state index < -0.39 is 0 Å². The standard InChI is InChI=1S/C13H28N2O/c1-10(2)14-9-7-8-12(16)15-11(3)13(4,5)6/h10-11,14H,7-9H2,1-6H3,(H,15,16). The molecule has 0 rings (SSSR count). The van der Waals surface area contributed by atoms with Crippen LogP contribution in [0, 0.1) is 5.41 Å². The Kier molecular flexibility index (Phi) is 6.65. The van der Waals surface area contributed by atoms with Gasteiger partial charge in [-0.05, 0) is 25.3 Å². The van der Waals surface area contributed by atoms with Crippen LogP contribution in [0.3, 0.4) is 0 Å². The summed E-state index contributed by atoms with van der Waals surface area (Å²) in [6, 6.07) is 0.717. The highest BCUT2D eigenvalue weighted by Crippen LogP contribution is 2.18. The number of hydrogen-bond donors (Lipinski definition) is 2. The lowest BCUT2D eigenvalue weighted by molar-refractivity contribution is -0.122. The fourth-order valence-corrected chi connectivity index (χ4v) is 1.17. The second-order valence-electron chi connectivity index (χ2n) is 5.87. The zero-order valence-electron chi connectivity index (χ0n) is 11.7. The van der Waals surface area contributed by atoms with E-state index in [1.54, 1.807) is 0 Å². The van der Waals surface area contributed by atoms with Crippen LogP contribution in [-0.2, 0) is 4.79 Å². The molecule has 3 nitrogen and oxygen atoms in total. The third-order valence-electron chi connectivity index (χ3n) is 2.81. The summed E-state index contributed by atoms with van der Waals surface area (Å²) >= 11 is 0. The lowest BCUT2D eigenvalue weighted by Crippen LogP contribution is -2.41. The van der Waals surface area contributed by atoms with Crippen molar-refractivity contribution >= 4 is 5.91 Å². The normalized spacial score (nSPS) is 13.9. The van der Waals surface area contributed by atoms with Gasteiger partial charge in [-0.15, -0.1) is 0 Å². The maximum absolute atomic E-state index is 11.6. The highest BCUT2D eigenvalue weighted by molar-refractivity contribution is 5.76. The van der Waals surface area contributed by atoms with Crippen LogP contribution in [0.1, 0.15) is 54.4 Å². The SMILES string of the molecule is CC(C)NCCCC(=O)NC(C)C(C)(C)C. The minimum atomic E-state index is 0.131. The lowest BCUT2D eigenvalue weighted by atomic mass is 9.88. The van der Waals surface area contributed by atoms with Gasteiger partial charge in [0.25, 0.3) is 0 Å². The molecule has 0 saturated heterocycles. The highest BCUT2D eigenvalue weighted by Gasteiger charge is 2.21. The fourth-order valence-electron chi connectivity index (χ4n) is 1.17. The van der Waals surface area contributed by atoms with Crippen LogP contribution in [0.15, 0.2) is 0 Å². The van der Waals surface area contributed by atoms with Gasteiger partial charge in [-0.25, -0.2) is 0 Å². The van der Waals surface area contributed by atoms with Gasteiger partial charge in [0.05, 0.1) is 0 Å². The average molecular weight is 228 g/mol. The number of hydrogen-bond acceptors (Lipinski definition) is 2. The maximum Gasteiger partial charge on any atom is 0.220 e.